The van der Waals surface area contributed by atoms with Crippen LogP contribution in [0.15, 0.2) is 28.7 Å². The first-order valence-electron chi connectivity index (χ1n) is 6.03. The minimum atomic E-state index is 0.174. The maximum Gasteiger partial charge on any atom is 0.0558 e. The molecule has 0 saturated heterocycles. The number of hydrogen-bond acceptors (Lipinski definition) is 3. The zero-order valence-electron chi connectivity index (χ0n) is 10.3. The smallest absolute Gasteiger partial charge is 0.0558 e. The average molecular weight is 301 g/mol. The predicted octanol–water partition coefficient (Wildman–Crippen LogP) is 2.15. The summed E-state index contributed by atoms with van der Waals surface area (Å²) in [6.45, 7) is 4.51. The molecule has 0 aliphatic rings. The number of rotatable bonds is 7. The molecule has 0 saturated carbocycles. The van der Waals surface area contributed by atoms with Gasteiger partial charge in [0.25, 0.3) is 0 Å². The van der Waals surface area contributed by atoms with Gasteiger partial charge in [-0.25, -0.2) is 0 Å². The lowest BCUT2D eigenvalue weighted by molar-refractivity contribution is 0.153. The Morgan fingerprint density at radius 2 is 1.94 bits per heavy atom. The molecule has 17 heavy (non-hydrogen) atoms. The van der Waals surface area contributed by atoms with E-state index in [0.29, 0.717) is 13.1 Å². The van der Waals surface area contributed by atoms with E-state index in [1.807, 2.05) is 12.1 Å². The van der Waals surface area contributed by atoms with E-state index in [1.165, 1.54) is 5.56 Å². The summed E-state index contributed by atoms with van der Waals surface area (Å²) in [6, 6.07) is 8.42. The normalized spacial score (nSPS) is 13.0. The van der Waals surface area contributed by atoms with Crippen molar-refractivity contribution in [1.29, 1.82) is 0 Å². The van der Waals surface area contributed by atoms with E-state index >= 15 is 0 Å². The Morgan fingerprint density at radius 1 is 1.29 bits per heavy atom. The third-order valence-corrected chi connectivity index (χ3v) is 3.35. The van der Waals surface area contributed by atoms with Crippen LogP contribution in [0, 0.1) is 0 Å². The molecule has 1 atom stereocenters. The van der Waals surface area contributed by atoms with E-state index in [1.54, 1.807) is 0 Å². The highest BCUT2D eigenvalue weighted by molar-refractivity contribution is 9.10. The number of hydrogen-bond donors (Lipinski definition) is 2. The number of benzene rings is 1. The van der Waals surface area contributed by atoms with Gasteiger partial charge in [-0.3, -0.25) is 4.90 Å². The second kappa shape index (κ2) is 7.82. The van der Waals surface area contributed by atoms with Crippen LogP contribution in [0.2, 0.25) is 0 Å². The zero-order chi connectivity index (χ0) is 12.7. The summed E-state index contributed by atoms with van der Waals surface area (Å²) in [6.07, 6.45) is 1.06. The predicted molar refractivity (Wildman–Crippen MR) is 74.9 cm³/mol. The monoisotopic (exact) mass is 300 g/mol. The van der Waals surface area contributed by atoms with Crippen LogP contribution in [-0.2, 0) is 0 Å². The van der Waals surface area contributed by atoms with E-state index in [-0.39, 0.29) is 12.6 Å². The van der Waals surface area contributed by atoms with Crippen molar-refractivity contribution >= 4 is 15.9 Å². The summed E-state index contributed by atoms with van der Waals surface area (Å²) in [7, 11) is 0. The number of nitrogens with zero attached hydrogens (tertiary/aromatic N) is 1. The van der Waals surface area contributed by atoms with Gasteiger partial charge in [-0.15, -0.1) is 0 Å². The maximum atomic E-state index is 9.11. The minimum absolute atomic E-state index is 0.174. The summed E-state index contributed by atoms with van der Waals surface area (Å²) < 4.78 is 1.07. The molecule has 3 N–H and O–H groups in total. The fraction of sp³-hybridized carbons (Fsp3) is 0.538. The number of halogens is 1. The van der Waals surface area contributed by atoms with Crippen LogP contribution in [-0.4, -0.2) is 36.2 Å². The summed E-state index contributed by atoms with van der Waals surface area (Å²) >= 11 is 3.43. The minimum Gasteiger partial charge on any atom is -0.395 e. The lowest BCUT2D eigenvalue weighted by Crippen LogP contribution is -2.36. The topological polar surface area (TPSA) is 49.5 Å². The molecule has 1 unspecified atom stereocenters. The van der Waals surface area contributed by atoms with Crippen molar-refractivity contribution < 1.29 is 5.11 Å². The van der Waals surface area contributed by atoms with Gasteiger partial charge in [-0.1, -0.05) is 35.0 Å². The molecule has 0 spiro atoms. The second-order valence-corrected chi connectivity index (χ2v) is 4.98. The van der Waals surface area contributed by atoms with E-state index in [9.17, 15) is 0 Å². The standard InChI is InChI=1S/C13H21BrN2O/c1-2-7-16(8-9-17)13(10-15)11-3-5-12(14)6-4-11/h3-6,13,17H,2,7-10,15H2,1H3. The summed E-state index contributed by atoms with van der Waals surface area (Å²) in [4.78, 5) is 2.24. The molecular weight excluding hydrogens is 280 g/mol. The van der Waals surface area contributed by atoms with Gasteiger partial charge in [0.1, 0.15) is 0 Å². The molecule has 1 aromatic rings. The molecule has 0 aliphatic heterocycles. The molecule has 1 aromatic carbocycles. The summed E-state index contributed by atoms with van der Waals surface area (Å²) in [5.41, 5.74) is 7.08. The van der Waals surface area contributed by atoms with Gasteiger partial charge in [0.2, 0.25) is 0 Å². The number of aliphatic hydroxyl groups is 1. The van der Waals surface area contributed by atoms with Crippen molar-refractivity contribution in [3.63, 3.8) is 0 Å². The van der Waals surface area contributed by atoms with Crippen LogP contribution >= 0.6 is 15.9 Å². The maximum absolute atomic E-state index is 9.11. The van der Waals surface area contributed by atoms with Crippen LogP contribution in [0.3, 0.4) is 0 Å². The SMILES string of the molecule is CCCN(CCO)C(CN)c1ccc(Br)cc1. The molecule has 4 heteroatoms. The first-order valence-corrected chi connectivity index (χ1v) is 6.82. The van der Waals surface area contributed by atoms with Gasteiger partial charge in [-0.2, -0.15) is 0 Å². The Labute approximate surface area is 112 Å². The van der Waals surface area contributed by atoms with Crippen LogP contribution in [0.4, 0.5) is 0 Å². The van der Waals surface area contributed by atoms with E-state index in [2.05, 4.69) is 39.9 Å². The highest BCUT2D eigenvalue weighted by atomic mass is 79.9. The number of nitrogens with two attached hydrogens (primary N) is 1. The van der Waals surface area contributed by atoms with Gasteiger partial charge >= 0.3 is 0 Å². The van der Waals surface area contributed by atoms with Gasteiger partial charge in [0.15, 0.2) is 0 Å². The van der Waals surface area contributed by atoms with Crippen molar-refractivity contribution in [2.75, 3.05) is 26.2 Å². The Hall–Kier alpha value is -0.420. The Bertz CT molecular complexity index is 310. The third kappa shape index (κ3) is 4.39. The summed E-state index contributed by atoms with van der Waals surface area (Å²) in [5.74, 6) is 0. The van der Waals surface area contributed by atoms with Gasteiger partial charge in [-0.05, 0) is 30.7 Å². The van der Waals surface area contributed by atoms with Crippen molar-refractivity contribution in [3.8, 4) is 0 Å². The lowest BCUT2D eigenvalue weighted by atomic mass is 10.1. The molecule has 0 amide bonds. The molecule has 3 nitrogen and oxygen atoms in total. The Kier molecular flexibility index (Phi) is 6.73. The first kappa shape index (κ1) is 14.6. The van der Waals surface area contributed by atoms with E-state index in [0.717, 1.165) is 17.4 Å². The molecule has 0 heterocycles. The van der Waals surface area contributed by atoms with Crippen LogP contribution < -0.4 is 5.73 Å². The van der Waals surface area contributed by atoms with Crippen molar-refractivity contribution in [1.82, 2.24) is 4.90 Å². The van der Waals surface area contributed by atoms with Crippen LogP contribution in [0.25, 0.3) is 0 Å². The molecule has 0 bridgehead atoms. The zero-order valence-corrected chi connectivity index (χ0v) is 11.9. The quantitative estimate of drug-likeness (QED) is 0.811. The van der Waals surface area contributed by atoms with Gasteiger partial charge in [0.05, 0.1) is 6.61 Å². The molecule has 1 rings (SSSR count). The van der Waals surface area contributed by atoms with Crippen LogP contribution in [0.5, 0.6) is 0 Å². The Morgan fingerprint density at radius 3 is 2.41 bits per heavy atom. The fourth-order valence-corrected chi connectivity index (χ4v) is 2.28. The molecule has 0 radical (unpaired) electrons. The highest BCUT2D eigenvalue weighted by Gasteiger charge is 2.17. The molecular formula is C13H21BrN2O. The van der Waals surface area contributed by atoms with Crippen molar-refractivity contribution in [2.45, 2.75) is 19.4 Å². The van der Waals surface area contributed by atoms with E-state index < -0.39 is 0 Å². The van der Waals surface area contributed by atoms with Gasteiger partial charge in [0, 0.05) is 23.6 Å². The molecule has 0 fully saturated rings. The second-order valence-electron chi connectivity index (χ2n) is 4.06. The Balaban J connectivity index is 2.83. The van der Waals surface area contributed by atoms with Crippen LogP contribution in [0.1, 0.15) is 24.9 Å². The van der Waals surface area contributed by atoms with Gasteiger partial charge < -0.3 is 10.8 Å². The van der Waals surface area contributed by atoms with Crippen molar-refractivity contribution in [2.24, 2.45) is 5.73 Å². The molecule has 0 aliphatic carbocycles. The lowest BCUT2D eigenvalue weighted by Gasteiger charge is -2.30. The number of aliphatic hydroxyl groups excluding tert-OH is 1. The highest BCUT2D eigenvalue weighted by Crippen LogP contribution is 2.21. The summed E-state index contributed by atoms with van der Waals surface area (Å²) in [5, 5.41) is 9.11. The average Bonchev–Trinajstić information content (AvgIpc) is 2.33. The fourth-order valence-electron chi connectivity index (χ4n) is 2.02. The molecule has 0 aromatic heterocycles. The first-order chi connectivity index (χ1) is 8.22. The molecule has 96 valence electrons. The van der Waals surface area contributed by atoms with Crippen molar-refractivity contribution in [3.05, 3.63) is 34.3 Å². The largest absolute Gasteiger partial charge is 0.395 e. The third-order valence-electron chi connectivity index (χ3n) is 2.82. The van der Waals surface area contributed by atoms with E-state index in [4.69, 9.17) is 10.8 Å².